The van der Waals surface area contributed by atoms with Crippen molar-refractivity contribution in [1.29, 1.82) is 0 Å². The molecule has 1 saturated heterocycles. The van der Waals surface area contributed by atoms with E-state index < -0.39 is 0 Å². The van der Waals surface area contributed by atoms with E-state index in [1.165, 1.54) is 0 Å². The molecule has 0 spiro atoms. The van der Waals surface area contributed by atoms with Gasteiger partial charge in [-0.25, -0.2) is 0 Å². The molecule has 92 valence electrons. The SMILES string of the molecule is CC(C)CNC(=O)CN1CCNC(C)C1=O. The average Bonchev–Trinajstić information content (AvgIpc) is 2.22. The molecule has 0 saturated carbocycles. The predicted octanol–water partition coefficient (Wildman–Crippen LogP) is -0.421. The van der Waals surface area contributed by atoms with Crippen molar-refractivity contribution in [2.45, 2.75) is 26.8 Å². The number of rotatable bonds is 4. The van der Waals surface area contributed by atoms with Gasteiger partial charge in [0.05, 0.1) is 12.6 Å². The van der Waals surface area contributed by atoms with E-state index in [4.69, 9.17) is 0 Å². The van der Waals surface area contributed by atoms with E-state index in [9.17, 15) is 9.59 Å². The number of piperazine rings is 1. The second-order valence-electron chi connectivity index (χ2n) is 4.63. The van der Waals surface area contributed by atoms with Gasteiger partial charge in [0.1, 0.15) is 0 Å². The molecule has 1 aliphatic heterocycles. The molecule has 5 nitrogen and oxygen atoms in total. The summed E-state index contributed by atoms with van der Waals surface area (Å²) in [7, 11) is 0. The molecule has 1 aliphatic rings. The van der Waals surface area contributed by atoms with Crippen LogP contribution in [0.5, 0.6) is 0 Å². The van der Waals surface area contributed by atoms with Gasteiger partial charge in [-0.15, -0.1) is 0 Å². The molecule has 1 rings (SSSR count). The zero-order valence-corrected chi connectivity index (χ0v) is 10.2. The highest BCUT2D eigenvalue weighted by Gasteiger charge is 2.25. The molecule has 0 aromatic heterocycles. The van der Waals surface area contributed by atoms with Crippen LogP contribution in [0.2, 0.25) is 0 Å². The molecule has 2 N–H and O–H groups in total. The highest BCUT2D eigenvalue weighted by atomic mass is 16.2. The lowest BCUT2D eigenvalue weighted by Crippen LogP contribution is -2.55. The summed E-state index contributed by atoms with van der Waals surface area (Å²) in [5.41, 5.74) is 0. The molecule has 1 unspecified atom stereocenters. The van der Waals surface area contributed by atoms with Crippen molar-refractivity contribution in [3.8, 4) is 0 Å². The summed E-state index contributed by atoms with van der Waals surface area (Å²) < 4.78 is 0. The fraction of sp³-hybridized carbons (Fsp3) is 0.818. The first-order valence-electron chi connectivity index (χ1n) is 5.79. The summed E-state index contributed by atoms with van der Waals surface area (Å²) in [6, 6.07) is -0.174. The molecule has 0 bridgehead atoms. The second-order valence-corrected chi connectivity index (χ2v) is 4.63. The summed E-state index contributed by atoms with van der Waals surface area (Å²) in [5, 5.41) is 5.87. The zero-order chi connectivity index (χ0) is 12.1. The van der Waals surface area contributed by atoms with Crippen molar-refractivity contribution in [3.63, 3.8) is 0 Å². The highest BCUT2D eigenvalue weighted by molar-refractivity contribution is 5.87. The minimum Gasteiger partial charge on any atom is -0.354 e. The molecule has 1 heterocycles. The molecule has 16 heavy (non-hydrogen) atoms. The van der Waals surface area contributed by atoms with Gasteiger partial charge in [0.15, 0.2) is 0 Å². The summed E-state index contributed by atoms with van der Waals surface area (Å²) in [4.78, 5) is 24.8. The standard InChI is InChI=1S/C11H21N3O2/c1-8(2)6-13-10(15)7-14-5-4-12-9(3)11(14)16/h8-9,12H,4-7H2,1-3H3,(H,13,15). The fourth-order valence-corrected chi connectivity index (χ4v) is 1.59. The largest absolute Gasteiger partial charge is 0.354 e. The molecular weight excluding hydrogens is 206 g/mol. The first-order chi connectivity index (χ1) is 7.50. The lowest BCUT2D eigenvalue weighted by atomic mass is 10.2. The number of hydrogen-bond donors (Lipinski definition) is 2. The van der Waals surface area contributed by atoms with Crippen LogP contribution >= 0.6 is 0 Å². The van der Waals surface area contributed by atoms with Crippen LogP contribution in [0, 0.1) is 5.92 Å². The Hall–Kier alpha value is -1.10. The maximum atomic E-state index is 11.7. The molecular formula is C11H21N3O2. The van der Waals surface area contributed by atoms with Crippen LogP contribution in [0.1, 0.15) is 20.8 Å². The van der Waals surface area contributed by atoms with Gasteiger partial charge in [0.25, 0.3) is 0 Å². The molecule has 0 aliphatic carbocycles. The maximum absolute atomic E-state index is 11.7. The first-order valence-corrected chi connectivity index (χ1v) is 5.79. The van der Waals surface area contributed by atoms with Crippen LogP contribution in [0.3, 0.4) is 0 Å². The second kappa shape index (κ2) is 5.84. The van der Waals surface area contributed by atoms with E-state index in [0.29, 0.717) is 19.0 Å². The van der Waals surface area contributed by atoms with Gasteiger partial charge in [-0.2, -0.15) is 0 Å². The van der Waals surface area contributed by atoms with Crippen LogP contribution in [0.15, 0.2) is 0 Å². The summed E-state index contributed by atoms with van der Waals surface area (Å²) >= 11 is 0. The Morgan fingerprint density at radius 1 is 1.62 bits per heavy atom. The lowest BCUT2D eigenvalue weighted by molar-refractivity contribution is -0.139. The van der Waals surface area contributed by atoms with Crippen LogP contribution in [-0.2, 0) is 9.59 Å². The zero-order valence-electron chi connectivity index (χ0n) is 10.2. The van der Waals surface area contributed by atoms with Gasteiger partial charge in [0, 0.05) is 19.6 Å². The predicted molar refractivity (Wildman–Crippen MR) is 61.9 cm³/mol. The third-order valence-corrected chi connectivity index (χ3v) is 2.56. The van der Waals surface area contributed by atoms with E-state index in [1.807, 2.05) is 20.8 Å². The Labute approximate surface area is 96.6 Å². The Kier molecular flexibility index (Phi) is 4.73. The number of nitrogens with zero attached hydrogens (tertiary/aromatic N) is 1. The van der Waals surface area contributed by atoms with Crippen molar-refractivity contribution in [2.75, 3.05) is 26.2 Å². The van der Waals surface area contributed by atoms with Crippen LogP contribution in [0.25, 0.3) is 0 Å². The molecule has 1 atom stereocenters. The van der Waals surface area contributed by atoms with Gasteiger partial charge in [0.2, 0.25) is 11.8 Å². The van der Waals surface area contributed by atoms with Crippen molar-refractivity contribution >= 4 is 11.8 Å². The maximum Gasteiger partial charge on any atom is 0.239 e. The van der Waals surface area contributed by atoms with Gasteiger partial charge >= 0.3 is 0 Å². The molecule has 1 fully saturated rings. The summed E-state index contributed by atoms with van der Waals surface area (Å²) in [6.45, 7) is 8.10. The summed E-state index contributed by atoms with van der Waals surface area (Å²) in [6.07, 6.45) is 0. The van der Waals surface area contributed by atoms with Gasteiger partial charge in [-0.3, -0.25) is 9.59 Å². The number of amides is 2. The Bertz CT molecular complexity index is 266. The third-order valence-electron chi connectivity index (χ3n) is 2.56. The van der Waals surface area contributed by atoms with Crippen molar-refractivity contribution in [3.05, 3.63) is 0 Å². The topological polar surface area (TPSA) is 61.4 Å². The number of hydrogen-bond acceptors (Lipinski definition) is 3. The fourth-order valence-electron chi connectivity index (χ4n) is 1.59. The molecule has 5 heteroatoms. The van der Waals surface area contributed by atoms with Gasteiger partial charge < -0.3 is 15.5 Å². The quantitative estimate of drug-likeness (QED) is 0.685. The highest BCUT2D eigenvalue weighted by Crippen LogP contribution is 2.00. The number of carbonyl (C=O) groups is 2. The lowest BCUT2D eigenvalue weighted by Gasteiger charge is -2.30. The first kappa shape index (κ1) is 13.0. The van der Waals surface area contributed by atoms with Crippen LogP contribution in [0.4, 0.5) is 0 Å². The number of nitrogens with one attached hydrogen (secondary N) is 2. The molecule has 0 aromatic carbocycles. The van der Waals surface area contributed by atoms with Gasteiger partial charge in [-0.1, -0.05) is 13.8 Å². The van der Waals surface area contributed by atoms with Crippen LogP contribution < -0.4 is 10.6 Å². The number of carbonyl (C=O) groups excluding carboxylic acids is 2. The third kappa shape index (κ3) is 3.81. The minimum absolute atomic E-state index is 0.00551. The van der Waals surface area contributed by atoms with Crippen molar-refractivity contribution in [2.24, 2.45) is 5.92 Å². The Morgan fingerprint density at radius 3 is 2.94 bits per heavy atom. The van der Waals surface area contributed by atoms with E-state index in [0.717, 1.165) is 6.54 Å². The van der Waals surface area contributed by atoms with E-state index in [1.54, 1.807) is 4.90 Å². The van der Waals surface area contributed by atoms with E-state index >= 15 is 0 Å². The summed E-state index contributed by atoms with van der Waals surface area (Å²) in [5.74, 6) is 0.365. The Balaban J connectivity index is 2.35. The van der Waals surface area contributed by atoms with Crippen molar-refractivity contribution < 1.29 is 9.59 Å². The Morgan fingerprint density at radius 2 is 2.31 bits per heavy atom. The van der Waals surface area contributed by atoms with Gasteiger partial charge in [-0.05, 0) is 12.8 Å². The van der Waals surface area contributed by atoms with E-state index in [2.05, 4.69) is 10.6 Å². The van der Waals surface area contributed by atoms with Crippen molar-refractivity contribution in [1.82, 2.24) is 15.5 Å². The van der Waals surface area contributed by atoms with Crippen LogP contribution in [-0.4, -0.2) is 48.9 Å². The minimum atomic E-state index is -0.174. The molecule has 0 aromatic rings. The molecule has 2 amide bonds. The molecule has 0 radical (unpaired) electrons. The normalized spacial score (nSPS) is 21.4. The van der Waals surface area contributed by atoms with E-state index in [-0.39, 0.29) is 24.4 Å². The monoisotopic (exact) mass is 227 g/mol. The smallest absolute Gasteiger partial charge is 0.239 e. The average molecular weight is 227 g/mol.